The molecule has 0 unspecified atom stereocenters. The monoisotopic (exact) mass is 228 g/mol. The standard InChI is InChI=1S/C11H16O5/c1-3-4-6-8(12)9(13)7-10(16-6)5(2)15-11(7)14/h3-10,12-13H,1-2H3/b4-3+/t5-,6-,7-,8-,9-,10+/m0/s1. The van der Waals surface area contributed by atoms with Crippen molar-refractivity contribution in [3.05, 3.63) is 12.2 Å². The summed E-state index contributed by atoms with van der Waals surface area (Å²) in [6.07, 6.45) is -0.256. The van der Waals surface area contributed by atoms with Gasteiger partial charge in [-0.05, 0) is 13.8 Å². The number of rotatable bonds is 1. The summed E-state index contributed by atoms with van der Waals surface area (Å²) in [4.78, 5) is 11.4. The van der Waals surface area contributed by atoms with E-state index < -0.39 is 36.3 Å². The number of allylic oxidation sites excluding steroid dienone is 1. The molecule has 6 atom stereocenters. The first kappa shape index (κ1) is 11.6. The predicted molar refractivity (Wildman–Crippen MR) is 54.5 cm³/mol. The van der Waals surface area contributed by atoms with E-state index in [1.54, 1.807) is 26.0 Å². The van der Waals surface area contributed by atoms with Crippen molar-refractivity contribution in [2.75, 3.05) is 0 Å². The van der Waals surface area contributed by atoms with E-state index in [0.29, 0.717) is 0 Å². The van der Waals surface area contributed by atoms with Crippen molar-refractivity contribution < 1.29 is 24.5 Å². The first-order chi connectivity index (χ1) is 7.56. The second-order valence-corrected chi connectivity index (χ2v) is 4.24. The van der Waals surface area contributed by atoms with Crippen molar-refractivity contribution in [3.63, 3.8) is 0 Å². The molecule has 0 aromatic rings. The van der Waals surface area contributed by atoms with Crippen LogP contribution in [0.15, 0.2) is 12.2 Å². The van der Waals surface area contributed by atoms with Crippen LogP contribution in [0.1, 0.15) is 13.8 Å². The number of aliphatic hydroxyl groups is 2. The van der Waals surface area contributed by atoms with Crippen LogP contribution in [0.2, 0.25) is 0 Å². The molecule has 0 aliphatic carbocycles. The highest BCUT2D eigenvalue weighted by Gasteiger charge is 2.54. The summed E-state index contributed by atoms with van der Waals surface area (Å²) in [6, 6.07) is 0. The molecule has 90 valence electrons. The molecule has 0 bridgehead atoms. The number of fused-ring (bicyclic) bond motifs is 1. The Morgan fingerprint density at radius 1 is 1.31 bits per heavy atom. The molecule has 0 radical (unpaired) electrons. The largest absolute Gasteiger partial charge is 0.460 e. The van der Waals surface area contributed by atoms with Gasteiger partial charge in [0.25, 0.3) is 0 Å². The van der Waals surface area contributed by atoms with E-state index in [1.165, 1.54) is 0 Å². The average molecular weight is 228 g/mol. The Balaban J connectivity index is 2.23. The Kier molecular flexibility index (Phi) is 3.01. The van der Waals surface area contributed by atoms with E-state index in [-0.39, 0.29) is 6.10 Å². The highest BCUT2D eigenvalue weighted by Crippen LogP contribution is 2.35. The van der Waals surface area contributed by atoms with Gasteiger partial charge in [-0.1, -0.05) is 12.2 Å². The Labute approximate surface area is 93.7 Å². The summed E-state index contributed by atoms with van der Waals surface area (Å²) < 4.78 is 10.6. The maximum Gasteiger partial charge on any atom is 0.314 e. The van der Waals surface area contributed by atoms with E-state index in [2.05, 4.69) is 0 Å². The van der Waals surface area contributed by atoms with Gasteiger partial charge in [0.1, 0.15) is 30.3 Å². The van der Waals surface area contributed by atoms with Crippen LogP contribution in [0.3, 0.4) is 0 Å². The van der Waals surface area contributed by atoms with E-state index in [0.717, 1.165) is 0 Å². The Morgan fingerprint density at radius 2 is 2.00 bits per heavy atom. The Hall–Kier alpha value is -0.910. The summed E-state index contributed by atoms with van der Waals surface area (Å²) in [7, 11) is 0. The number of carbonyl (C=O) groups excluding carboxylic acids is 1. The molecule has 2 saturated heterocycles. The molecule has 2 heterocycles. The van der Waals surface area contributed by atoms with Crippen molar-refractivity contribution >= 4 is 5.97 Å². The second kappa shape index (κ2) is 4.16. The highest BCUT2D eigenvalue weighted by molar-refractivity contribution is 5.76. The number of carbonyl (C=O) groups is 1. The smallest absolute Gasteiger partial charge is 0.314 e. The summed E-state index contributed by atoms with van der Waals surface area (Å²) >= 11 is 0. The highest BCUT2D eigenvalue weighted by atomic mass is 16.6. The Morgan fingerprint density at radius 3 is 2.62 bits per heavy atom. The SMILES string of the molecule is C/C=C/[C@@H]1O[C@H]2[C@@H](C(=O)O[C@H]2C)[C@H](O)[C@H]1O. The van der Waals surface area contributed by atoms with Gasteiger partial charge in [-0.25, -0.2) is 0 Å². The maximum atomic E-state index is 11.4. The number of esters is 1. The van der Waals surface area contributed by atoms with Gasteiger partial charge in [-0.15, -0.1) is 0 Å². The van der Waals surface area contributed by atoms with Crippen LogP contribution < -0.4 is 0 Å². The normalized spacial score (nSPS) is 48.1. The maximum absolute atomic E-state index is 11.4. The minimum Gasteiger partial charge on any atom is -0.460 e. The molecular weight excluding hydrogens is 212 g/mol. The lowest BCUT2D eigenvalue weighted by molar-refractivity contribution is -0.180. The number of hydrogen-bond acceptors (Lipinski definition) is 5. The fourth-order valence-corrected chi connectivity index (χ4v) is 2.30. The zero-order chi connectivity index (χ0) is 11.9. The van der Waals surface area contributed by atoms with E-state index >= 15 is 0 Å². The first-order valence-electron chi connectivity index (χ1n) is 5.41. The van der Waals surface area contributed by atoms with Crippen molar-refractivity contribution in [1.82, 2.24) is 0 Å². The zero-order valence-electron chi connectivity index (χ0n) is 9.24. The molecule has 2 aliphatic heterocycles. The third-order valence-corrected chi connectivity index (χ3v) is 3.14. The third kappa shape index (κ3) is 1.65. The van der Waals surface area contributed by atoms with E-state index in [1.807, 2.05) is 0 Å². The second-order valence-electron chi connectivity index (χ2n) is 4.24. The van der Waals surface area contributed by atoms with Crippen LogP contribution in [0.5, 0.6) is 0 Å². The fraction of sp³-hybridized carbons (Fsp3) is 0.727. The van der Waals surface area contributed by atoms with Gasteiger partial charge in [0.15, 0.2) is 0 Å². The van der Waals surface area contributed by atoms with Gasteiger partial charge in [-0.2, -0.15) is 0 Å². The molecule has 0 saturated carbocycles. The average Bonchev–Trinajstić information content (AvgIpc) is 2.50. The molecule has 5 nitrogen and oxygen atoms in total. The van der Waals surface area contributed by atoms with Gasteiger partial charge < -0.3 is 19.7 Å². The quantitative estimate of drug-likeness (QED) is 0.472. The number of hydrogen-bond donors (Lipinski definition) is 2. The van der Waals surface area contributed by atoms with Crippen LogP contribution in [-0.4, -0.2) is 46.7 Å². The van der Waals surface area contributed by atoms with Crippen LogP contribution in [-0.2, 0) is 14.3 Å². The summed E-state index contributed by atoms with van der Waals surface area (Å²) in [5.41, 5.74) is 0. The summed E-state index contributed by atoms with van der Waals surface area (Å²) in [5.74, 6) is -1.27. The molecule has 16 heavy (non-hydrogen) atoms. The van der Waals surface area contributed by atoms with Crippen molar-refractivity contribution in [2.24, 2.45) is 5.92 Å². The van der Waals surface area contributed by atoms with Crippen LogP contribution in [0.4, 0.5) is 0 Å². The van der Waals surface area contributed by atoms with Crippen molar-refractivity contribution in [2.45, 2.75) is 44.4 Å². The van der Waals surface area contributed by atoms with Crippen LogP contribution in [0, 0.1) is 5.92 Å². The fourth-order valence-electron chi connectivity index (χ4n) is 2.30. The zero-order valence-corrected chi connectivity index (χ0v) is 9.24. The minimum absolute atomic E-state index is 0.382. The number of cyclic esters (lactones) is 1. The topological polar surface area (TPSA) is 76.0 Å². The third-order valence-electron chi connectivity index (χ3n) is 3.14. The van der Waals surface area contributed by atoms with Gasteiger partial charge in [0.2, 0.25) is 0 Å². The van der Waals surface area contributed by atoms with Crippen molar-refractivity contribution in [1.29, 1.82) is 0 Å². The van der Waals surface area contributed by atoms with Gasteiger partial charge in [-0.3, -0.25) is 4.79 Å². The molecule has 2 aliphatic rings. The van der Waals surface area contributed by atoms with E-state index in [9.17, 15) is 15.0 Å². The summed E-state index contributed by atoms with van der Waals surface area (Å²) in [6.45, 7) is 3.52. The molecular formula is C11H16O5. The van der Waals surface area contributed by atoms with Gasteiger partial charge >= 0.3 is 5.97 Å². The minimum atomic E-state index is -1.13. The molecule has 2 N–H and O–H groups in total. The lowest BCUT2D eigenvalue weighted by Gasteiger charge is -2.37. The van der Waals surface area contributed by atoms with Crippen LogP contribution in [0.25, 0.3) is 0 Å². The molecule has 0 aromatic heterocycles. The molecule has 0 amide bonds. The first-order valence-corrected chi connectivity index (χ1v) is 5.41. The molecule has 0 aromatic carbocycles. The predicted octanol–water partition coefficient (Wildman–Crippen LogP) is -0.387. The molecule has 5 heteroatoms. The molecule has 2 fully saturated rings. The molecule has 2 rings (SSSR count). The van der Waals surface area contributed by atoms with E-state index in [4.69, 9.17) is 9.47 Å². The lowest BCUT2D eigenvalue weighted by Crippen LogP contribution is -2.55. The number of ether oxygens (including phenoxy) is 2. The van der Waals surface area contributed by atoms with Gasteiger partial charge in [0.05, 0.1) is 6.10 Å². The van der Waals surface area contributed by atoms with Crippen LogP contribution >= 0.6 is 0 Å². The Bertz CT molecular complexity index is 313. The molecule has 0 spiro atoms. The lowest BCUT2D eigenvalue weighted by atomic mass is 9.86. The van der Waals surface area contributed by atoms with Crippen molar-refractivity contribution in [3.8, 4) is 0 Å². The number of aliphatic hydroxyl groups excluding tert-OH is 2. The summed E-state index contributed by atoms with van der Waals surface area (Å²) in [5, 5.41) is 19.7. The van der Waals surface area contributed by atoms with Gasteiger partial charge in [0, 0.05) is 0 Å².